The molecule has 6 heteroatoms. The van der Waals surface area contributed by atoms with Crippen molar-refractivity contribution in [2.24, 2.45) is 5.92 Å². The molecular weight excluding hydrogens is 548 g/mol. The predicted octanol–water partition coefficient (Wildman–Crippen LogP) is 10.7. The number of hydrogen-bond acceptors (Lipinski definition) is 5. The summed E-state index contributed by atoms with van der Waals surface area (Å²) in [6, 6.07) is 0. The summed E-state index contributed by atoms with van der Waals surface area (Å²) in [7, 11) is 0. The Bertz CT molecular complexity index is 659. The summed E-state index contributed by atoms with van der Waals surface area (Å²) in [6.45, 7) is 12.5. The normalized spacial score (nSPS) is 14.9. The monoisotopic (exact) mass is 623 g/mol. The van der Waals surface area contributed by atoms with E-state index in [1.807, 2.05) is 4.90 Å². The van der Waals surface area contributed by atoms with Gasteiger partial charge < -0.3 is 19.3 Å². The van der Waals surface area contributed by atoms with Crippen molar-refractivity contribution in [2.75, 3.05) is 45.9 Å². The summed E-state index contributed by atoms with van der Waals surface area (Å²) in [5.41, 5.74) is 0. The van der Waals surface area contributed by atoms with E-state index in [0.29, 0.717) is 25.6 Å². The highest BCUT2D eigenvalue weighted by Gasteiger charge is 2.27. The second-order valence-electron chi connectivity index (χ2n) is 13.5. The van der Waals surface area contributed by atoms with Gasteiger partial charge >= 0.3 is 12.1 Å². The Labute approximate surface area is 273 Å². The minimum absolute atomic E-state index is 0.0251. The lowest BCUT2D eigenvalue weighted by Crippen LogP contribution is -2.31. The number of nitrogens with zero attached hydrogens (tertiary/aromatic N) is 2. The largest absolute Gasteiger partial charge is 0.466 e. The van der Waals surface area contributed by atoms with Gasteiger partial charge in [0.15, 0.2) is 0 Å². The van der Waals surface area contributed by atoms with Crippen molar-refractivity contribution in [3.05, 3.63) is 0 Å². The van der Waals surface area contributed by atoms with Crippen LogP contribution in [0.25, 0.3) is 0 Å². The SMILES string of the molecule is CCCCCCCCCCCCCCN(CCCOC(=O)CCCCCCCCC)CCC1CCN(C(=O)OCCCC)C1. The highest BCUT2D eigenvalue weighted by atomic mass is 16.6. The Morgan fingerprint density at radius 1 is 0.591 bits per heavy atom. The molecule has 0 N–H and O–H groups in total. The van der Waals surface area contributed by atoms with Crippen LogP contribution in [-0.2, 0) is 14.3 Å². The van der Waals surface area contributed by atoms with Crippen LogP contribution in [0, 0.1) is 5.92 Å². The molecule has 1 heterocycles. The molecule has 44 heavy (non-hydrogen) atoms. The predicted molar refractivity (Wildman–Crippen MR) is 186 cm³/mol. The minimum Gasteiger partial charge on any atom is -0.466 e. The molecule has 0 saturated carbocycles. The molecule has 0 spiro atoms. The smallest absolute Gasteiger partial charge is 0.409 e. The van der Waals surface area contributed by atoms with Crippen molar-refractivity contribution in [1.82, 2.24) is 9.80 Å². The van der Waals surface area contributed by atoms with Crippen LogP contribution in [0.2, 0.25) is 0 Å². The minimum atomic E-state index is -0.132. The van der Waals surface area contributed by atoms with E-state index in [9.17, 15) is 9.59 Å². The molecule has 1 saturated heterocycles. The van der Waals surface area contributed by atoms with Crippen LogP contribution >= 0.6 is 0 Å². The van der Waals surface area contributed by atoms with Crippen LogP contribution < -0.4 is 0 Å². The standard InChI is InChI=1S/C38H74N2O4/c1-4-7-10-12-14-15-16-17-18-20-22-24-29-39(30-25-34-43-37(41)26-23-21-19-13-11-8-5-2)31-27-36-28-32-40(35-36)38(42)44-33-9-6-3/h36H,4-35H2,1-3H3. The van der Waals surface area contributed by atoms with Gasteiger partial charge in [-0.3, -0.25) is 4.79 Å². The zero-order valence-electron chi connectivity index (χ0n) is 29.7. The summed E-state index contributed by atoms with van der Waals surface area (Å²) in [5, 5.41) is 0. The molecule has 0 radical (unpaired) electrons. The molecule has 0 aromatic heterocycles. The maximum Gasteiger partial charge on any atom is 0.409 e. The summed E-state index contributed by atoms with van der Waals surface area (Å²) < 4.78 is 11.0. The second-order valence-corrected chi connectivity index (χ2v) is 13.5. The first kappa shape index (κ1) is 40.7. The molecule has 1 rings (SSSR count). The van der Waals surface area contributed by atoms with Crippen molar-refractivity contribution >= 4 is 12.1 Å². The van der Waals surface area contributed by atoms with Gasteiger partial charge in [-0.1, -0.05) is 136 Å². The third-order valence-corrected chi connectivity index (χ3v) is 9.32. The number of esters is 1. The number of unbranched alkanes of at least 4 members (excludes halogenated alkanes) is 18. The molecule has 0 bridgehead atoms. The van der Waals surface area contributed by atoms with E-state index in [-0.39, 0.29) is 12.1 Å². The Balaban J connectivity index is 2.28. The average Bonchev–Trinajstić information content (AvgIpc) is 3.51. The van der Waals surface area contributed by atoms with Gasteiger partial charge in [-0.25, -0.2) is 4.79 Å². The van der Waals surface area contributed by atoms with E-state index < -0.39 is 0 Å². The van der Waals surface area contributed by atoms with E-state index in [1.165, 1.54) is 109 Å². The van der Waals surface area contributed by atoms with Gasteiger partial charge in [0.05, 0.1) is 13.2 Å². The van der Waals surface area contributed by atoms with E-state index in [2.05, 4.69) is 25.7 Å². The molecule has 6 nitrogen and oxygen atoms in total. The van der Waals surface area contributed by atoms with E-state index in [0.717, 1.165) is 77.7 Å². The maximum absolute atomic E-state index is 12.4. The van der Waals surface area contributed by atoms with Gasteiger partial charge in [-0.2, -0.15) is 0 Å². The Morgan fingerprint density at radius 2 is 1.09 bits per heavy atom. The fourth-order valence-electron chi connectivity index (χ4n) is 6.28. The van der Waals surface area contributed by atoms with Crippen molar-refractivity contribution in [3.8, 4) is 0 Å². The van der Waals surface area contributed by atoms with Crippen LogP contribution in [0.5, 0.6) is 0 Å². The molecule has 260 valence electrons. The van der Waals surface area contributed by atoms with E-state index >= 15 is 0 Å². The summed E-state index contributed by atoms with van der Waals surface area (Å²) in [4.78, 5) is 29.1. The van der Waals surface area contributed by atoms with Gasteiger partial charge in [0, 0.05) is 26.1 Å². The van der Waals surface area contributed by atoms with Crippen LogP contribution in [0.4, 0.5) is 4.79 Å². The van der Waals surface area contributed by atoms with Crippen molar-refractivity contribution in [2.45, 2.75) is 181 Å². The molecule has 0 aliphatic carbocycles. The first-order valence-electron chi connectivity index (χ1n) is 19.4. The van der Waals surface area contributed by atoms with Crippen LogP contribution in [0.1, 0.15) is 181 Å². The molecular formula is C38H74N2O4. The molecule has 1 atom stereocenters. The summed E-state index contributed by atoms with van der Waals surface area (Å²) in [6.07, 6.45) is 30.5. The van der Waals surface area contributed by atoms with Crippen LogP contribution in [0.3, 0.4) is 0 Å². The Hall–Kier alpha value is -1.30. The number of likely N-dealkylation sites (tertiary alicyclic amines) is 1. The Kier molecular flexibility index (Phi) is 28.1. The lowest BCUT2D eigenvalue weighted by atomic mass is 10.0. The zero-order chi connectivity index (χ0) is 31.9. The molecule has 1 aliphatic heterocycles. The van der Waals surface area contributed by atoms with Crippen molar-refractivity contribution < 1.29 is 19.1 Å². The second kappa shape index (κ2) is 30.4. The van der Waals surface area contributed by atoms with Crippen LogP contribution in [-0.4, -0.2) is 67.8 Å². The molecule has 0 aromatic carbocycles. The first-order valence-corrected chi connectivity index (χ1v) is 19.4. The Morgan fingerprint density at radius 3 is 1.68 bits per heavy atom. The van der Waals surface area contributed by atoms with Gasteiger partial charge in [0.25, 0.3) is 0 Å². The fourth-order valence-corrected chi connectivity index (χ4v) is 6.28. The quantitative estimate of drug-likeness (QED) is 0.0568. The van der Waals surface area contributed by atoms with Gasteiger partial charge in [-0.05, 0) is 57.5 Å². The lowest BCUT2D eigenvalue weighted by Gasteiger charge is -2.24. The molecule has 1 fully saturated rings. The zero-order valence-corrected chi connectivity index (χ0v) is 29.7. The third-order valence-electron chi connectivity index (χ3n) is 9.32. The number of amides is 1. The lowest BCUT2D eigenvalue weighted by molar-refractivity contribution is -0.144. The highest BCUT2D eigenvalue weighted by Crippen LogP contribution is 2.21. The van der Waals surface area contributed by atoms with Gasteiger partial charge in [0.1, 0.15) is 0 Å². The van der Waals surface area contributed by atoms with Crippen molar-refractivity contribution in [3.63, 3.8) is 0 Å². The maximum atomic E-state index is 12.4. The van der Waals surface area contributed by atoms with E-state index in [4.69, 9.17) is 9.47 Å². The van der Waals surface area contributed by atoms with Crippen LogP contribution in [0.15, 0.2) is 0 Å². The number of rotatable bonds is 31. The molecule has 1 unspecified atom stereocenters. The highest BCUT2D eigenvalue weighted by molar-refractivity contribution is 5.69. The topological polar surface area (TPSA) is 59.1 Å². The summed E-state index contributed by atoms with van der Waals surface area (Å²) in [5.74, 6) is 0.529. The number of carbonyl (C=O) groups excluding carboxylic acids is 2. The first-order chi connectivity index (χ1) is 21.6. The molecule has 1 amide bonds. The van der Waals surface area contributed by atoms with Gasteiger partial charge in [0.2, 0.25) is 0 Å². The van der Waals surface area contributed by atoms with Crippen molar-refractivity contribution in [1.29, 1.82) is 0 Å². The number of hydrogen-bond donors (Lipinski definition) is 0. The summed E-state index contributed by atoms with van der Waals surface area (Å²) >= 11 is 0. The van der Waals surface area contributed by atoms with Gasteiger partial charge in [-0.15, -0.1) is 0 Å². The van der Waals surface area contributed by atoms with E-state index in [1.54, 1.807) is 0 Å². The average molecular weight is 623 g/mol. The number of carbonyl (C=O) groups is 2. The number of ether oxygens (including phenoxy) is 2. The third kappa shape index (κ3) is 24.0. The molecule has 1 aliphatic rings. The molecule has 0 aromatic rings. The fraction of sp³-hybridized carbons (Fsp3) is 0.947.